The SMILES string of the molecule is NC(=O)OCC1=C(C(=O)O)N2C(=O)C(NC(=O)C(N)c3ccccc3)[C@H]2SC1. The summed E-state index contributed by atoms with van der Waals surface area (Å²) < 4.78 is 4.66. The number of fused-ring (bicyclic) bond motifs is 1. The number of hydrogen-bond donors (Lipinski definition) is 4. The summed E-state index contributed by atoms with van der Waals surface area (Å²) in [5.41, 5.74) is 11.4. The number of nitrogens with two attached hydrogens (primary N) is 2. The number of carbonyl (C=O) groups is 4. The number of rotatable bonds is 6. The van der Waals surface area contributed by atoms with Gasteiger partial charge in [0.05, 0.1) is 0 Å². The van der Waals surface area contributed by atoms with Gasteiger partial charge < -0.3 is 26.6 Å². The molecule has 1 fully saturated rings. The molecule has 3 amide bonds. The van der Waals surface area contributed by atoms with Crippen LogP contribution < -0.4 is 16.8 Å². The van der Waals surface area contributed by atoms with Crippen LogP contribution in [0.5, 0.6) is 0 Å². The van der Waals surface area contributed by atoms with E-state index in [4.69, 9.17) is 11.5 Å². The highest BCUT2D eigenvalue weighted by Crippen LogP contribution is 2.40. The van der Waals surface area contributed by atoms with Gasteiger partial charge in [0.2, 0.25) is 5.91 Å². The Hall–Kier alpha value is -3.05. The number of ether oxygens (including phenoxy) is 1. The molecule has 2 aliphatic rings. The molecule has 28 heavy (non-hydrogen) atoms. The van der Waals surface area contributed by atoms with Crippen molar-refractivity contribution in [2.45, 2.75) is 17.5 Å². The van der Waals surface area contributed by atoms with Gasteiger partial charge in [-0.05, 0) is 5.56 Å². The Morgan fingerprint density at radius 3 is 2.61 bits per heavy atom. The Balaban J connectivity index is 1.72. The highest BCUT2D eigenvalue weighted by atomic mass is 32.2. The number of hydrogen-bond acceptors (Lipinski definition) is 7. The molecule has 3 atom stereocenters. The van der Waals surface area contributed by atoms with E-state index in [2.05, 4.69) is 10.1 Å². The fourth-order valence-corrected chi connectivity index (χ4v) is 4.33. The average molecular weight is 406 g/mol. The van der Waals surface area contributed by atoms with Crippen LogP contribution in [0.2, 0.25) is 0 Å². The maximum absolute atomic E-state index is 12.5. The zero-order valence-electron chi connectivity index (χ0n) is 14.5. The minimum atomic E-state index is -1.33. The van der Waals surface area contributed by atoms with Crippen molar-refractivity contribution < 1.29 is 29.0 Å². The Bertz CT molecular complexity index is 858. The number of carbonyl (C=O) groups excluding carboxylic acids is 3. The molecule has 11 heteroatoms. The number of nitrogens with one attached hydrogen (secondary N) is 1. The second kappa shape index (κ2) is 7.90. The number of carboxylic acids is 1. The zero-order chi connectivity index (χ0) is 20.4. The van der Waals surface area contributed by atoms with E-state index in [9.17, 15) is 24.3 Å². The molecule has 0 aliphatic carbocycles. The summed E-state index contributed by atoms with van der Waals surface area (Å²) in [5.74, 6) is -2.22. The monoisotopic (exact) mass is 406 g/mol. The van der Waals surface area contributed by atoms with Gasteiger partial charge in [-0.2, -0.15) is 0 Å². The van der Waals surface area contributed by atoms with Crippen LogP contribution in [0.25, 0.3) is 0 Å². The van der Waals surface area contributed by atoms with Crippen molar-refractivity contribution in [2.75, 3.05) is 12.4 Å². The van der Waals surface area contributed by atoms with Crippen LogP contribution >= 0.6 is 11.8 Å². The molecule has 0 saturated carbocycles. The second-order valence-corrected chi connectivity index (χ2v) is 7.25. The van der Waals surface area contributed by atoms with Crippen molar-refractivity contribution in [1.82, 2.24) is 10.2 Å². The number of thioether (sulfide) groups is 1. The number of benzene rings is 1. The summed E-state index contributed by atoms with van der Waals surface area (Å²) in [5, 5.41) is 11.5. The van der Waals surface area contributed by atoms with Crippen LogP contribution in [0.3, 0.4) is 0 Å². The maximum Gasteiger partial charge on any atom is 0.404 e. The van der Waals surface area contributed by atoms with E-state index in [1.54, 1.807) is 30.3 Å². The Kier molecular flexibility index (Phi) is 5.56. The summed E-state index contributed by atoms with van der Waals surface area (Å²) in [6, 6.07) is 6.84. The highest BCUT2D eigenvalue weighted by molar-refractivity contribution is 8.00. The molecule has 0 aromatic heterocycles. The maximum atomic E-state index is 12.5. The van der Waals surface area contributed by atoms with E-state index in [1.807, 2.05) is 0 Å². The van der Waals surface area contributed by atoms with Crippen LogP contribution in [-0.4, -0.2) is 57.7 Å². The molecule has 1 saturated heterocycles. The first-order valence-electron chi connectivity index (χ1n) is 8.24. The molecular weight excluding hydrogens is 388 g/mol. The number of amides is 3. The average Bonchev–Trinajstić information content (AvgIpc) is 2.69. The smallest absolute Gasteiger partial charge is 0.404 e. The van der Waals surface area contributed by atoms with Crippen LogP contribution in [0, 0.1) is 0 Å². The molecule has 2 heterocycles. The summed E-state index contributed by atoms with van der Waals surface area (Å²) in [7, 11) is 0. The van der Waals surface area contributed by atoms with E-state index in [0.29, 0.717) is 5.56 Å². The van der Waals surface area contributed by atoms with Crippen molar-refractivity contribution in [2.24, 2.45) is 11.5 Å². The summed E-state index contributed by atoms with van der Waals surface area (Å²) in [6.45, 7) is -0.323. The minimum Gasteiger partial charge on any atom is -0.477 e. The first-order chi connectivity index (χ1) is 13.3. The van der Waals surface area contributed by atoms with Gasteiger partial charge in [0.1, 0.15) is 29.8 Å². The normalized spacial score (nSPS) is 22.0. The number of primary amides is 1. The van der Waals surface area contributed by atoms with Crippen LogP contribution in [0.15, 0.2) is 41.6 Å². The fourth-order valence-electron chi connectivity index (χ4n) is 3.01. The standard InChI is InChI=1S/C17H18N4O6S/c18-10(8-4-2-1-3-5-8)13(22)20-11-14(23)21-12(16(24)25)9(6-27-17(19)26)7-28-15(11)21/h1-5,10-11,15H,6-7,18H2,(H2,19,26)(H,20,22)(H,24,25)/t10?,11?,15-/m1/s1. The minimum absolute atomic E-state index is 0.209. The van der Waals surface area contributed by atoms with Crippen molar-refractivity contribution >= 4 is 35.6 Å². The molecule has 148 valence electrons. The molecule has 6 N–H and O–H groups in total. The van der Waals surface area contributed by atoms with Gasteiger partial charge in [0.25, 0.3) is 5.91 Å². The van der Waals surface area contributed by atoms with Crippen LogP contribution in [0.4, 0.5) is 4.79 Å². The molecule has 3 rings (SSSR count). The molecule has 0 bridgehead atoms. The molecule has 1 aromatic rings. The van der Waals surface area contributed by atoms with Crippen LogP contribution in [-0.2, 0) is 19.1 Å². The Morgan fingerprint density at radius 2 is 2.00 bits per heavy atom. The second-order valence-electron chi connectivity index (χ2n) is 6.15. The Labute approximate surface area is 163 Å². The van der Waals surface area contributed by atoms with Gasteiger partial charge in [-0.15, -0.1) is 11.8 Å². The quantitative estimate of drug-likeness (QED) is 0.460. The lowest BCUT2D eigenvalue weighted by Gasteiger charge is -2.49. The lowest BCUT2D eigenvalue weighted by atomic mass is 10.0. The van der Waals surface area contributed by atoms with E-state index in [0.717, 1.165) is 4.90 Å². The van der Waals surface area contributed by atoms with Crippen molar-refractivity contribution in [1.29, 1.82) is 0 Å². The lowest BCUT2D eigenvalue weighted by molar-refractivity contribution is -0.151. The third kappa shape index (κ3) is 3.66. The molecular formula is C17H18N4O6S. The van der Waals surface area contributed by atoms with Gasteiger partial charge >= 0.3 is 12.1 Å². The van der Waals surface area contributed by atoms with E-state index in [1.165, 1.54) is 11.8 Å². The number of β-lactam (4-membered cyclic amide) rings is 1. The third-order valence-electron chi connectivity index (χ3n) is 4.38. The number of nitrogens with zero attached hydrogens (tertiary/aromatic N) is 1. The first kappa shape index (κ1) is 19.7. The molecule has 10 nitrogen and oxygen atoms in total. The molecule has 2 unspecified atom stereocenters. The van der Waals surface area contributed by atoms with Gasteiger partial charge in [-0.1, -0.05) is 30.3 Å². The first-order valence-corrected chi connectivity index (χ1v) is 9.29. The van der Waals surface area contributed by atoms with Crippen LogP contribution in [0.1, 0.15) is 11.6 Å². The predicted octanol–water partition coefficient (Wildman–Crippen LogP) is -0.480. The Morgan fingerprint density at radius 1 is 1.32 bits per heavy atom. The van der Waals surface area contributed by atoms with E-state index >= 15 is 0 Å². The van der Waals surface area contributed by atoms with E-state index in [-0.39, 0.29) is 23.6 Å². The summed E-state index contributed by atoms with van der Waals surface area (Å²) in [6.07, 6.45) is -1.04. The summed E-state index contributed by atoms with van der Waals surface area (Å²) in [4.78, 5) is 48.4. The fraction of sp³-hybridized carbons (Fsp3) is 0.294. The van der Waals surface area contributed by atoms with Crippen molar-refractivity contribution in [3.63, 3.8) is 0 Å². The summed E-state index contributed by atoms with van der Waals surface area (Å²) >= 11 is 1.25. The topological polar surface area (TPSA) is 165 Å². The third-order valence-corrected chi connectivity index (χ3v) is 5.72. The zero-order valence-corrected chi connectivity index (χ0v) is 15.3. The highest BCUT2D eigenvalue weighted by Gasteiger charge is 2.54. The molecule has 1 aromatic carbocycles. The molecule has 2 aliphatic heterocycles. The molecule has 0 spiro atoms. The van der Waals surface area contributed by atoms with Crippen molar-refractivity contribution in [3.05, 3.63) is 47.2 Å². The molecule has 0 radical (unpaired) electrons. The lowest BCUT2D eigenvalue weighted by Crippen LogP contribution is -2.71. The number of aliphatic carboxylic acids is 1. The van der Waals surface area contributed by atoms with E-state index < -0.39 is 41.3 Å². The van der Waals surface area contributed by atoms with Gasteiger partial charge in [0.15, 0.2) is 0 Å². The van der Waals surface area contributed by atoms with Gasteiger partial charge in [0, 0.05) is 11.3 Å². The largest absolute Gasteiger partial charge is 0.477 e. The predicted molar refractivity (Wildman–Crippen MR) is 98.6 cm³/mol. The van der Waals surface area contributed by atoms with Gasteiger partial charge in [-0.3, -0.25) is 14.5 Å². The van der Waals surface area contributed by atoms with Crippen molar-refractivity contribution in [3.8, 4) is 0 Å². The number of carboxylic acid groups (broad SMARTS) is 1. The van der Waals surface area contributed by atoms with Gasteiger partial charge in [-0.25, -0.2) is 9.59 Å².